The van der Waals surface area contributed by atoms with Crippen LogP contribution >= 0.6 is 10.8 Å². The van der Waals surface area contributed by atoms with Gasteiger partial charge in [-0.05, 0) is 29.7 Å². The van der Waals surface area contributed by atoms with E-state index in [1.54, 1.807) is 0 Å². The average molecular weight is 281 g/mol. The van der Waals surface area contributed by atoms with Gasteiger partial charge in [-0.1, -0.05) is 38.5 Å². The van der Waals surface area contributed by atoms with Crippen molar-refractivity contribution in [2.45, 2.75) is 44.9 Å². The fourth-order valence-electron chi connectivity index (χ4n) is 1.99. The van der Waals surface area contributed by atoms with Gasteiger partial charge in [-0.25, -0.2) is 0 Å². The molecule has 0 aromatic rings. The summed E-state index contributed by atoms with van der Waals surface area (Å²) >= 11 is 0. The van der Waals surface area contributed by atoms with Crippen molar-refractivity contribution < 1.29 is 13.0 Å². The zero-order valence-electron chi connectivity index (χ0n) is 10.2. The molecular weight excluding hydrogens is 258 g/mol. The molecule has 17 heavy (non-hydrogen) atoms. The molecule has 1 saturated carbocycles. The highest BCUT2D eigenvalue weighted by Gasteiger charge is 2.15. The predicted molar refractivity (Wildman–Crippen MR) is 72.7 cm³/mol. The molecule has 2 N–H and O–H groups in total. The molecule has 0 bridgehead atoms. The van der Waals surface area contributed by atoms with E-state index in [1.165, 1.54) is 38.5 Å². The summed E-state index contributed by atoms with van der Waals surface area (Å²) in [6.07, 6.45) is 9.43. The number of unbranched alkanes of at least 4 members (excludes halogenated alkanes) is 2. The summed E-state index contributed by atoms with van der Waals surface area (Å²) in [5.41, 5.74) is 0. The van der Waals surface area contributed by atoms with E-state index in [-0.39, 0.29) is 0 Å². The number of rotatable bonds is 10. The monoisotopic (exact) mass is 281 g/mol. The van der Waals surface area contributed by atoms with Gasteiger partial charge in [0.15, 0.2) is 0 Å². The molecule has 6 heteroatoms. The summed E-state index contributed by atoms with van der Waals surface area (Å²) in [6.45, 7) is 1.57. The third-order valence-corrected chi connectivity index (χ3v) is 5.26. The molecule has 0 radical (unpaired) electrons. The standard InChI is InChI=1S/C11H23NO3S2/c13-17(14,15)16-10-9-12-8-3-1-2-5-11-6-4-7-11/h11-12H,1-10H2,(H,13,14,15). The highest BCUT2D eigenvalue weighted by atomic mass is 33.1. The summed E-state index contributed by atoms with van der Waals surface area (Å²) in [7, 11) is -3.27. The Morgan fingerprint density at radius 1 is 1.18 bits per heavy atom. The first-order valence-corrected chi connectivity index (χ1v) is 9.35. The second-order valence-electron chi connectivity index (χ2n) is 4.65. The Hall–Kier alpha value is 0.220. The van der Waals surface area contributed by atoms with Crippen LogP contribution in [-0.2, 0) is 9.15 Å². The molecule has 0 aliphatic heterocycles. The maximum absolute atomic E-state index is 10.4. The molecule has 1 fully saturated rings. The van der Waals surface area contributed by atoms with Crippen LogP contribution in [0.5, 0.6) is 0 Å². The van der Waals surface area contributed by atoms with Crippen molar-refractivity contribution in [3.05, 3.63) is 0 Å². The zero-order chi connectivity index (χ0) is 12.6. The van der Waals surface area contributed by atoms with Gasteiger partial charge < -0.3 is 5.32 Å². The average Bonchev–Trinajstić information content (AvgIpc) is 2.16. The summed E-state index contributed by atoms with van der Waals surface area (Å²) < 4.78 is 29.3. The van der Waals surface area contributed by atoms with Crippen LogP contribution in [0.15, 0.2) is 0 Å². The Morgan fingerprint density at radius 2 is 1.94 bits per heavy atom. The Kier molecular flexibility index (Phi) is 7.50. The molecule has 1 rings (SSSR count). The SMILES string of the molecule is O=S(=O)(O)SCCNCCCCCC1CCC1. The molecule has 102 valence electrons. The smallest absolute Gasteiger partial charge is 0.316 e. The fourth-order valence-corrected chi connectivity index (χ4v) is 3.31. The lowest BCUT2D eigenvalue weighted by molar-refractivity contribution is 0.286. The van der Waals surface area contributed by atoms with Crippen LogP contribution in [0.1, 0.15) is 44.9 Å². The van der Waals surface area contributed by atoms with E-state index in [4.69, 9.17) is 4.55 Å². The normalized spacial score (nSPS) is 17.0. The maximum Gasteiger partial charge on any atom is 0.319 e. The second kappa shape index (κ2) is 8.34. The fraction of sp³-hybridized carbons (Fsp3) is 1.00. The van der Waals surface area contributed by atoms with Crippen LogP contribution in [0.4, 0.5) is 0 Å². The summed E-state index contributed by atoms with van der Waals surface area (Å²) in [6, 6.07) is 0. The Balaban J connectivity index is 1.75. The van der Waals surface area contributed by atoms with Crippen molar-refractivity contribution >= 4 is 19.9 Å². The highest BCUT2D eigenvalue weighted by Crippen LogP contribution is 2.30. The van der Waals surface area contributed by atoms with Crippen LogP contribution in [0.25, 0.3) is 0 Å². The van der Waals surface area contributed by atoms with E-state index < -0.39 is 9.15 Å². The number of nitrogens with one attached hydrogen (secondary N) is 1. The van der Waals surface area contributed by atoms with E-state index in [0.29, 0.717) is 23.1 Å². The van der Waals surface area contributed by atoms with Crippen molar-refractivity contribution in [3.63, 3.8) is 0 Å². The van der Waals surface area contributed by atoms with Gasteiger partial charge in [0.1, 0.15) is 0 Å². The maximum atomic E-state index is 10.4. The molecular formula is C11H23NO3S2. The van der Waals surface area contributed by atoms with Gasteiger partial charge in [-0.2, -0.15) is 8.42 Å². The third-order valence-electron chi connectivity index (χ3n) is 3.20. The second-order valence-corrected chi connectivity index (χ2v) is 8.12. The lowest BCUT2D eigenvalue weighted by Gasteiger charge is -2.24. The Labute approximate surface area is 108 Å². The molecule has 1 aliphatic carbocycles. The Morgan fingerprint density at radius 3 is 2.53 bits per heavy atom. The summed E-state index contributed by atoms with van der Waals surface area (Å²) in [4.78, 5) is 0. The molecule has 0 aromatic heterocycles. The van der Waals surface area contributed by atoms with Crippen LogP contribution < -0.4 is 5.32 Å². The van der Waals surface area contributed by atoms with Crippen molar-refractivity contribution in [1.82, 2.24) is 5.32 Å². The van der Waals surface area contributed by atoms with E-state index in [1.807, 2.05) is 0 Å². The van der Waals surface area contributed by atoms with Crippen LogP contribution in [-0.4, -0.2) is 31.8 Å². The van der Waals surface area contributed by atoms with Gasteiger partial charge in [0.05, 0.1) is 0 Å². The minimum absolute atomic E-state index is 0.404. The minimum atomic E-state index is -3.85. The molecule has 0 aromatic carbocycles. The molecule has 0 amide bonds. The van der Waals surface area contributed by atoms with Crippen LogP contribution in [0, 0.1) is 5.92 Å². The van der Waals surface area contributed by atoms with Gasteiger partial charge in [0.25, 0.3) is 0 Å². The van der Waals surface area contributed by atoms with Gasteiger partial charge in [-0.15, -0.1) is 0 Å². The first kappa shape index (κ1) is 15.3. The number of hydrogen-bond donors (Lipinski definition) is 2. The molecule has 1 aliphatic rings. The summed E-state index contributed by atoms with van der Waals surface area (Å²) in [5, 5.41) is 3.18. The van der Waals surface area contributed by atoms with Crippen LogP contribution in [0.3, 0.4) is 0 Å². The minimum Gasteiger partial charge on any atom is -0.316 e. The quantitative estimate of drug-likeness (QED) is 0.366. The molecule has 0 unspecified atom stereocenters. The number of hydrogen-bond acceptors (Lipinski definition) is 4. The lowest BCUT2D eigenvalue weighted by atomic mass is 9.82. The van der Waals surface area contributed by atoms with E-state index >= 15 is 0 Å². The van der Waals surface area contributed by atoms with Gasteiger partial charge in [0, 0.05) is 12.3 Å². The van der Waals surface area contributed by atoms with Gasteiger partial charge in [-0.3, -0.25) is 4.55 Å². The van der Waals surface area contributed by atoms with Gasteiger partial charge in [0.2, 0.25) is 0 Å². The highest BCUT2D eigenvalue weighted by molar-refractivity contribution is 8.69. The first-order valence-electron chi connectivity index (χ1n) is 6.40. The molecule has 0 atom stereocenters. The predicted octanol–water partition coefficient (Wildman–Crippen LogP) is 2.47. The van der Waals surface area contributed by atoms with E-state index in [9.17, 15) is 8.42 Å². The molecule has 0 saturated heterocycles. The molecule has 0 spiro atoms. The van der Waals surface area contributed by atoms with E-state index in [0.717, 1.165) is 18.9 Å². The van der Waals surface area contributed by atoms with Crippen molar-refractivity contribution in [1.29, 1.82) is 0 Å². The van der Waals surface area contributed by atoms with Crippen LogP contribution in [0.2, 0.25) is 0 Å². The largest absolute Gasteiger partial charge is 0.319 e. The third kappa shape index (κ3) is 8.88. The topological polar surface area (TPSA) is 66.4 Å². The Bertz CT molecular complexity index is 289. The molecule has 4 nitrogen and oxygen atoms in total. The van der Waals surface area contributed by atoms with E-state index in [2.05, 4.69) is 5.32 Å². The van der Waals surface area contributed by atoms with Crippen molar-refractivity contribution in [2.75, 3.05) is 18.8 Å². The van der Waals surface area contributed by atoms with Crippen molar-refractivity contribution in [3.8, 4) is 0 Å². The summed E-state index contributed by atoms with van der Waals surface area (Å²) in [5.74, 6) is 1.41. The molecule has 0 heterocycles. The zero-order valence-corrected chi connectivity index (χ0v) is 11.9. The van der Waals surface area contributed by atoms with Gasteiger partial charge >= 0.3 is 9.15 Å². The first-order chi connectivity index (χ1) is 8.08. The lowest BCUT2D eigenvalue weighted by Crippen LogP contribution is -2.19. The van der Waals surface area contributed by atoms with Crippen molar-refractivity contribution in [2.24, 2.45) is 5.92 Å².